The molecule has 0 aliphatic carbocycles. The highest BCUT2D eigenvalue weighted by molar-refractivity contribution is 7.22. The van der Waals surface area contributed by atoms with Gasteiger partial charge < -0.3 is 5.11 Å². The predicted octanol–water partition coefficient (Wildman–Crippen LogP) is 2.80. The van der Waals surface area contributed by atoms with Crippen molar-refractivity contribution in [2.24, 2.45) is 5.84 Å². The lowest BCUT2D eigenvalue weighted by atomic mass is 10.2. The van der Waals surface area contributed by atoms with Crippen molar-refractivity contribution in [2.45, 2.75) is 6.61 Å². The summed E-state index contributed by atoms with van der Waals surface area (Å²) >= 11 is 1.55. The minimum Gasteiger partial charge on any atom is -0.392 e. The lowest BCUT2D eigenvalue weighted by molar-refractivity contribution is 0.282. The van der Waals surface area contributed by atoms with Crippen LogP contribution in [0.2, 0.25) is 0 Å². The Kier molecular flexibility index (Phi) is 3.16. The number of hydrogen-bond donors (Lipinski definition) is 2. The summed E-state index contributed by atoms with van der Waals surface area (Å²) in [6.45, 7) is 0.0337. The van der Waals surface area contributed by atoms with Gasteiger partial charge in [0.15, 0.2) is 0 Å². The van der Waals surface area contributed by atoms with Gasteiger partial charge in [0.1, 0.15) is 0 Å². The Labute approximate surface area is 114 Å². The van der Waals surface area contributed by atoms with Gasteiger partial charge in [-0.15, -0.1) is 0 Å². The Morgan fingerprint density at radius 3 is 2.53 bits per heavy atom. The summed E-state index contributed by atoms with van der Waals surface area (Å²) in [7, 11) is 0. The molecule has 0 amide bonds. The van der Waals surface area contributed by atoms with Crippen molar-refractivity contribution in [1.29, 1.82) is 0 Å². The Hall–Kier alpha value is -1.95. The standard InChI is InChI=1S/C14H13N3OS/c15-17(11-7-5-10(9-18)6-8-11)14-16-12-3-1-2-4-13(12)19-14/h1-8,18H,9,15H2. The molecule has 0 fully saturated rings. The van der Waals surface area contributed by atoms with E-state index in [4.69, 9.17) is 10.9 Å². The fourth-order valence-electron chi connectivity index (χ4n) is 1.84. The molecule has 1 heterocycles. The molecule has 0 atom stereocenters. The van der Waals surface area contributed by atoms with Crippen LogP contribution in [-0.4, -0.2) is 10.1 Å². The van der Waals surface area contributed by atoms with Gasteiger partial charge >= 0.3 is 0 Å². The van der Waals surface area contributed by atoms with Crippen LogP contribution in [-0.2, 0) is 6.61 Å². The number of hydrazine groups is 1. The van der Waals surface area contributed by atoms with Crippen molar-refractivity contribution in [2.75, 3.05) is 5.01 Å². The maximum Gasteiger partial charge on any atom is 0.205 e. The number of benzene rings is 2. The van der Waals surface area contributed by atoms with E-state index in [0.717, 1.165) is 26.6 Å². The third-order valence-corrected chi connectivity index (χ3v) is 3.92. The second-order valence-electron chi connectivity index (χ2n) is 4.16. The Morgan fingerprint density at radius 2 is 1.84 bits per heavy atom. The Bertz CT molecular complexity index is 660. The summed E-state index contributed by atoms with van der Waals surface area (Å²) in [6, 6.07) is 15.4. The third kappa shape index (κ3) is 2.31. The first-order valence-electron chi connectivity index (χ1n) is 5.88. The largest absolute Gasteiger partial charge is 0.392 e. The number of thiazole rings is 1. The quantitative estimate of drug-likeness (QED) is 0.568. The normalized spacial score (nSPS) is 10.8. The molecular formula is C14H13N3OS. The summed E-state index contributed by atoms with van der Waals surface area (Å²) in [4.78, 5) is 4.50. The SMILES string of the molecule is NN(c1ccc(CO)cc1)c1nc2ccccc2s1. The molecule has 0 unspecified atom stereocenters. The number of para-hydroxylation sites is 1. The minimum atomic E-state index is 0.0337. The zero-order valence-electron chi connectivity index (χ0n) is 10.2. The van der Waals surface area contributed by atoms with Gasteiger partial charge in [0.25, 0.3) is 0 Å². The Balaban J connectivity index is 1.95. The van der Waals surface area contributed by atoms with Crippen molar-refractivity contribution in [3.63, 3.8) is 0 Å². The lowest BCUT2D eigenvalue weighted by Gasteiger charge is -2.15. The van der Waals surface area contributed by atoms with Gasteiger partial charge in [-0.2, -0.15) is 0 Å². The number of hydrogen-bond acceptors (Lipinski definition) is 5. The highest BCUT2D eigenvalue weighted by Gasteiger charge is 2.10. The number of fused-ring (bicyclic) bond motifs is 1. The van der Waals surface area contributed by atoms with Crippen LogP contribution in [0.25, 0.3) is 10.2 Å². The average molecular weight is 271 g/mol. The summed E-state index contributed by atoms with van der Waals surface area (Å²) in [5.74, 6) is 6.09. The van der Waals surface area contributed by atoms with Gasteiger partial charge in [0.05, 0.1) is 22.5 Å². The van der Waals surface area contributed by atoms with E-state index in [1.165, 1.54) is 0 Å². The molecule has 3 rings (SSSR count). The van der Waals surface area contributed by atoms with Crippen LogP contribution in [0.4, 0.5) is 10.8 Å². The van der Waals surface area contributed by atoms with Gasteiger partial charge in [-0.25, -0.2) is 10.8 Å². The number of aliphatic hydroxyl groups excluding tert-OH is 1. The molecular weight excluding hydrogens is 258 g/mol. The summed E-state index contributed by atoms with van der Waals surface area (Å²) in [6.07, 6.45) is 0. The molecule has 2 aromatic carbocycles. The number of aromatic nitrogens is 1. The summed E-state index contributed by atoms with van der Waals surface area (Å²) < 4.78 is 1.11. The molecule has 3 N–H and O–H groups in total. The Morgan fingerprint density at radius 1 is 1.11 bits per heavy atom. The first-order valence-corrected chi connectivity index (χ1v) is 6.70. The molecule has 0 saturated carbocycles. The van der Waals surface area contributed by atoms with E-state index in [9.17, 15) is 0 Å². The van der Waals surface area contributed by atoms with E-state index in [0.29, 0.717) is 0 Å². The molecule has 0 spiro atoms. The molecule has 0 bridgehead atoms. The highest BCUT2D eigenvalue weighted by Crippen LogP contribution is 2.30. The van der Waals surface area contributed by atoms with Crippen LogP contribution >= 0.6 is 11.3 Å². The van der Waals surface area contributed by atoms with E-state index in [2.05, 4.69) is 4.98 Å². The van der Waals surface area contributed by atoms with Gasteiger partial charge in [0.2, 0.25) is 5.13 Å². The van der Waals surface area contributed by atoms with Crippen molar-refractivity contribution in [1.82, 2.24) is 4.98 Å². The van der Waals surface area contributed by atoms with Crippen molar-refractivity contribution in [3.05, 3.63) is 54.1 Å². The van der Waals surface area contributed by atoms with Crippen LogP contribution in [0.5, 0.6) is 0 Å². The molecule has 19 heavy (non-hydrogen) atoms. The van der Waals surface area contributed by atoms with Crippen molar-refractivity contribution in [3.8, 4) is 0 Å². The first kappa shape index (κ1) is 12.1. The maximum absolute atomic E-state index is 9.02. The van der Waals surface area contributed by atoms with E-state index in [-0.39, 0.29) is 6.61 Å². The van der Waals surface area contributed by atoms with Crippen LogP contribution in [0.3, 0.4) is 0 Å². The lowest BCUT2D eigenvalue weighted by Crippen LogP contribution is -2.24. The maximum atomic E-state index is 9.02. The number of nitrogens with zero attached hydrogens (tertiary/aromatic N) is 2. The first-order chi connectivity index (χ1) is 9.28. The zero-order chi connectivity index (χ0) is 13.2. The summed E-state index contributed by atoms with van der Waals surface area (Å²) in [5, 5.41) is 11.3. The molecule has 5 heteroatoms. The molecule has 1 aromatic heterocycles. The molecule has 3 aromatic rings. The minimum absolute atomic E-state index is 0.0337. The molecule has 0 aliphatic heterocycles. The number of nitrogens with two attached hydrogens (primary N) is 1. The van der Waals surface area contributed by atoms with Gasteiger partial charge in [-0.1, -0.05) is 35.6 Å². The molecule has 0 saturated heterocycles. The highest BCUT2D eigenvalue weighted by atomic mass is 32.1. The molecule has 4 nitrogen and oxygen atoms in total. The topological polar surface area (TPSA) is 62.4 Å². The monoisotopic (exact) mass is 271 g/mol. The third-order valence-electron chi connectivity index (χ3n) is 2.89. The van der Waals surface area contributed by atoms with Crippen molar-refractivity contribution < 1.29 is 5.11 Å². The van der Waals surface area contributed by atoms with Gasteiger partial charge in [-0.05, 0) is 29.8 Å². The molecule has 96 valence electrons. The number of rotatable bonds is 3. The number of aliphatic hydroxyl groups is 1. The van der Waals surface area contributed by atoms with E-state index in [1.807, 2.05) is 48.5 Å². The fourth-order valence-corrected chi connectivity index (χ4v) is 2.74. The smallest absolute Gasteiger partial charge is 0.205 e. The van der Waals surface area contributed by atoms with Crippen LogP contribution in [0.15, 0.2) is 48.5 Å². The van der Waals surface area contributed by atoms with Crippen molar-refractivity contribution >= 4 is 32.4 Å². The van der Waals surface area contributed by atoms with Crippen LogP contribution < -0.4 is 10.9 Å². The zero-order valence-corrected chi connectivity index (χ0v) is 11.0. The second kappa shape index (κ2) is 4.97. The van der Waals surface area contributed by atoms with Crippen LogP contribution in [0, 0.1) is 0 Å². The predicted molar refractivity (Wildman–Crippen MR) is 78.3 cm³/mol. The number of anilines is 2. The summed E-state index contributed by atoms with van der Waals surface area (Å²) in [5.41, 5.74) is 2.66. The van der Waals surface area contributed by atoms with Gasteiger partial charge in [-0.3, -0.25) is 5.01 Å². The second-order valence-corrected chi connectivity index (χ2v) is 5.17. The van der Waals surface area contributed by atoms with E-state index >= 15 is 0 Å². The molecule has 0 aliphatic rings. The molecule has 0 radical (unpaired) electrons. The van der Waals surface area contributed by atoms with E-state index in [1.54, 1.807) is 16.3 Å². The van der Waals surface area contributed by atoms with E-state index < -0.39 is 0 Å². The van der Waals surface area contributed by atoms with Gasteiger partial charge in [0, 0.05) is 0 Å². The average Bonchev–Trinajstić information content (AvgIpc) is 2.90. The van der Waals surface area contributed by atoms with Crippen LogP contribution in [0.1, 0.15) is 5.56 Å². The fraction of sp³-hybridized carbons (Fsp3) is 0.0714.